The van der Waals surface area contributed by atoms with E-state index in [0.29, 0.717) is 19.4 Å². The zero-order valence-corrected chi connectivity index (χ0v) is 29.3. The minimum atomic E-state index is -4.33. The number of unbranched alkanes of at least 4 members (excludes halogenated alkanes) is 17. The van der Waals surface area contributed by atoms with E-state index < -0.39 is 26.5 Å². The molecule has 0 amide bonds. The Morgan fingerprint density at radius 3 is 1.75 bits per heavy atom. The number of phosphoric acid groups is 1. The highest BCUT2D eigenvalue weighted by Crippen LogP contribution is 2.43. The van der Waals surface area contributed by atoms with Crippen LogP contribution in [0.15, 0.2) is 12.2 Å². The van der Waals surface area contributed by atoms with E-state index in [-0.39, 0.29) is 25.6 Å². The van der Waals surface area contributed by atoms with Gasteiger partial charge >= 0.3 is 19.8 Å². The number of rotatable bonds is 33. The molecule has 260 valence electrons. The van der Waals surface area contributed by atoms with Gasteiger partial charge in [-0.3, -0.25) is 18.6 Å². The molecule has 0 aromatic heterocycles. The maximum atomic E-state index is 12.5. The van der Waals surface area contributed by atoms with Gasteiger partial charge in [0, 0.05) is 19.4 Å². The lowest BCUT2D eigenvalue weighted by molar-refractivity contribution is -0.161. The molecule has 10 heteroatoms. The second-order valence-corrected chi connectivity index (χ2v) is 13.2. The molecule has 2 atom stereocenters. The molecule has 44 heavy (non-hydrogen) atoms. The monoisotopic (exact) mass is 647 g/mol. The Labute approximate surface area is 269 Å². The third kappa shape index (κ3) is 30.8. The number of carbonyl (C=O) groups is 2. The van der Waals surface area contributed by atoms with Gasteiger partial charge in [0.1, 0.15) is 6.61 Å². The molecule has 0 heterocycles. The molecule has 2 N–H and O–H groups in total. The van der Waals surface area contributed by atoms with Crippen molar-refractivity contribution < 1.29 is 37.6 Å². The van der Waals surface area contributed by atoms with Gasteiger partial charge in [-0.1, -0.05) is 122 Å². The van der Waals surface area contributed by atoms with Crippen molar-refractivity contribution in [2.75, 3.05) is 33.4 Å². The zero-order chi connectivity index (χ0) is 32.6. The van der Waals surface area contributed by atoms with Gasteiger partial charge in [-0.25, -0.2) is 4.57 Å². The van der Waals surface area contributed by atoms with Crippen LogP contribution in [-0.2, 0) is 32.7 Å². The largest absolute Gasteiger partial charge is 0.472 e. The van der Waals surface area contributed by atoms with E-state index in [4.69, 9.17) is 18.5 Å². The van der Waals surface area contributed by atoms with Gasteiger partial charge in [0.15, 0.2) is 6.10 Å². The number of phosphoric ester groups is 1. The van der Waals surface area contributed by atoms with Crippen LogP contribution < -0.4 is 5.32 Å². The lowest BCUT2D eigenvalue weighted by Crippen LogP contribution is -2.29. The first kappa shape index (κ1) is 42.8. The first-order valence-electron chi connectivity index (χ1n) is 17.6. The van der Waals surface area contributed by atoms with Gasteiger partial charge in [-0.15, -0.1) is 0 Å². The minimum Gasteiger partial charge on any atom is -0.462 e. The molecular weight excluding hydrogens is 581 g/mol. The summed E-state index contributed by atoms with van der Waals surface area (Å²) >= 11 is 0. The molecule has 0 aliphatic rings. The van der Waals surface area contributed by atoms with E-state index in [0.717, 1.165) is 57.8 Å². The van der Waals surface area contributed by atoms with Crippen LogP contribution in [-0.4, -0.2) is 56.3 Å². The Morgan fingerprint density at radius 2 is 1.18 bits per heavy atom. The van der Waals surface area contributed by atoms with Crippen LogP contribution in [0.5, 0.6) is 0 Å². The molecule has 0 aliphatic carbocycles. The maximum absolute atomic E-state index is 12.5. The number of hydrogen-bond donors (Lipinski definition) is 2. The van der Waals surface area contributed by atoms with E-state index in [1.165, 1.54) is 64.2 Å². The van der Waals surface area contributed by atoms with Crippen LogP contribution in [0.25, 0.3) is 0 Å². The van der Waals surface area contributed by atoms with Gasteiger partial charge in [0.2, 0.25) is 0 Å². The predicted octanol–water partition coefficient (Wildman–Crippen LogP) is 8.97. The van der Waals surface area contributed by atoms with Crippen LogP contribution in [0.3, 0.4) is 0 Å². The molecule has 0 bridgehead atoms. The van der Waals surface area contributed by atoms with Crippen LogP contribution in [0.4, 0.5) is 0 Å². The number of allylic oxidation sites excluding steroid dienone is 2. The number of nitrogens with one attached hydrogen (secondary N) is 1. The molecule has 2 unspecified atom stereocenters. The van der Waals surface area contributed by atoms with E-state index in [1.54, 1.807) is 7.05 Å². The Hall–Kier alpha value is -1.25. The summed E-state index contributed by atoms with van der Waals surface area (Å²) in [5.41, 5.74) is 0. The van der Waals surface area contributed by atoms with Gasteiger partial charge < -0.3 is 19.7 Å². The van der Waals surface area contributed by atoms with E-state index in [9.17, 15) is 19.0 Å². The maximum Gasteiger partial charge on any atom is 0.472 e. The fraction of sp³-hybridized carbons (Fsp3) is 0.882. The molecule has 0 saturated carbocycles. The van der Waals surface area contributed by atoms with E-state index >= 15 is 0 Å². The summed E-state index contributed by atoms with van der Waals surface area (Å²) in [6.45, 7) is 4.15. The Kier molecular flexibility index (Phi) is 30.8. The molecule has 0 radical (unpaired) electrons. The third-order valence-corrected chi connectivity index (χ3v) is 8.37. The number of hydrogen-bond acceptors (Lipinski definition) is 8. The second kappa shape index (κ2) is 31.7. The molecule has 0 fully saturated rings. The Balaban J connectivity index is 4.34. The normalized spacial score (nSPS) is 13.6. The van der Waals surface area contributed by atoms with Crippen molar-refractivity contribution in [3.63, 3.8) is 0 Å². The Bertz CT molecular complexity index is 749. The minimum absolute atomic E-state index is 0.0161. The molecular formula is C34H66NO8P. The van der Waals surface area contributed by atoms with Crippen LogP contribution >= 0.6 is 7.82 Å². The van der Waals surface area contributed by atoms with Gasteiger partial charge in [0.25, 0.3) is 0 Å². The molecule has 0 aromatic carbocycles. The summed E-state index contributed by atoms with van der Waals surface area (Å²) in [6, 6.07) is 0. The summed E-state index contributed by atoms with van der Waals surface area (Å²) in [5.74, 6) is -0.817. The highest BCUT2D eigenvalue weighted by Gasteiger charge is 2.26. The SMILES string of the molecule is CCCC/C=C\CCCCCCCC(=O)OC(COC(=O)CCCCCCCCCCCCC)COP(=O)(O)OCCNC. The van der Waals surface area contributed by atoms with Crippen molar-refractivity contribution in [1.29, 1.82) is 0 Å². The van der Waals surface area contributed by atoms with Gasteiger partial charge in [0.05, 0.1) is 13.2 Å². The first-order valence-corrected chi connectivity index (χ1v) is 19.1. The summed E-state index contributed by atoms with van der Waals surface area (Å²) < 4.78 is 32.9. The van der Waals surface area contributed by atoms with Crippen molar-refractivity contribution in [2.24, 2.45) is 0 Å². The van der Waals surface area contributed by atoms with Gasteiger partial charge in [-0.2, -0.15) is 0 Å². The quantitative estimate of drug-likeness (QED) is 0.0311. The molecule has 0 aliphatic heterocycles. The van der Waals surface area contributed by atoms with Crippen LogP contribution in [0.2, 0.25) is 0 Å². The average Bonchev–Trinajstić information content (AvgIpc) is 3.00. The van der Waals surface area contributed by atoms with Crippen molar-refractivity contribution in [2.45, 2.75) is 161 Å². The highest BCUT2D eigenvalue weighted by molar-refractivity contribution is 7.47. The van der Waals surface area contributed by atoms with Crippen molar-refractivity contribution in [3.05, 3.63) is 12.2 Å². The number of likely N-dealkylation sites (N-methyl/N-ethyl adjacent to an activating group) is 1. The summed E-state index contributed by atoms with van der Waals surface area (Å²) in [5, 5.41) is 2.81. The highest BCUT2D eigenvalue weighted by atomic mass is 31.2. The topological polar surface area (TPSA) is 120 Å². The molecule has 0 rings (SSSR count). The smallest absolute Gasteiger partial charge is 0.462 e. The molecule has 0 saturated heterocycles. The molecule has 0 aromatic rings. The summed E-state index contributed by atoms with van der Waals surface area (Å²) in [7, 11) is -2.64. The van der Waals surface area contributed by atoms with Crippen LogP contribution in [0.1, 0.15) is 155 Å². The van der Waals surface area contributed by atoms with E-state index in [2.05, 4.69) is 31.3 Å². The van der Waals surface area contributed by atoms with Gasteiger partial charge in [-0.05, 0) is 39.2 Å². The standard InChI is InChI=1S/C34H66NO8P/c1-4-6-8-10-12-14-16-18-20-22-24-26-33(36)40-30-32(31-42-44(38,39)41-29-28-35-3)43-34(37)27-25-23-21-19-17-15-13-11-9-7-5-2/h11,13,32,35H,4-10,12,14-31H2,1-3H3,(H,38,39)/b13-11-. The summed E-state index contributed by atoms with van der Waals surface area (Å²) in [4.78, 5) is 34.7. The number of ether oxygens (including phenoxy) is 2. The predicted molar refractivity (Wildman–Crippen MR) is 179 cm³/mol. The third-order valence-electron chi connectivity index (χ3n) is 7.39. The lowest BCUT2D eigenvalue weighted by atomic mass is 10.1. The molecule has 0 spiro atoms. The van der Waals surface area contributed by atoms with Crippen molar-refractivity contribution >= 4 is 19.8 Å². The zero-order valence-electron chi connectivity index (χ0n) is 28.4. The van der Waals surface area contributed by atoms with Crippen LogP contribution in [0, 0.1) is 0 Å². The lowest BCUT2D eigenvalue weighted by Gasteiger charge is -2.20. The van der Waals surface area contributed by atoms with Crippen molar-refractivity contribution in [1.82, 2.24) is 5.32 Å². The Morgan fingerprint density at radius 1 is 0.682 bits per heavy atom. The number of esters is 2. The fourth-order valence-electron chi connectivity index (χ4n) is 4.65. The average molecular weight is 648 g/mol. The fourth-order valence-corrected chi connectivity index (χ4v) is 5.40. The first-order chi connectivity index (χ1) is 21.3. The van der Waals surface area contributed by atoms with E-state index in [1.807, 2.05) is 0 Å². The summed E-state index contributed by atoms with van der Waals surface area (Å²) in [6.07, 6.45) is 26.8. The number of carbonyl (C=O) groups excluding carboxylic acids is 2. The second-order valence-electron chi connectivity index (χ2n) is 11.7. The molecule has 9 nitrogen and oxygen atoms in total. The van der Waals surface area contributed by atoms with Crippen molar-refractivity contribution in [3.8, 4) is 0 Å².